The normalized spacial score (nSPS) is 13.1. The van der Waals surface area contributed by atoms with Crippen molar-refractivity contribution >= 4 is 22.4 Å². The fraction of sp³-hybridized carbons (Fsp3) is 0.263. The van der Waals surface area contributed by atoms with Gasteiger partial charge in [-0.3, -0.25) is 0 Å². The van der Waals surface area contributed by atoms with Crippen LogP contribution in [0.1, 0.15) is 23.1 Å². The number of nitrogens with zero attached hydrogens (tertiary/aromatic N) is 2. The molecule has 2 aromatic carbocycles. The summed E-state index contributed by atoms with van der Waals surface area (Å²) in [7, 11) is 1.52. The summed E-state index contributed by atoms with van der Waals surface area (Å²) in [5.74, 6) is 1.18. The van der Waals surface area contributed by atoms with Crippen LogP contribution >= 0.6 is 0 Å². The summed E-state index contributed by atoms with van der Waals surface area (Å²) < 4.78 is 5.15. The average Bonchev–Trinajstić information content (AvgIpc) is 3.08. The van der Waals surface area contributed by atoms with Crippen LogP contribution in [-0.2, 0) is 12.8 Å². The first-order valence-corrected chi connectivity index (χ1v) is 8.07. The summed E-state index contributed by atoms with van der Waals surface area (Å²) in [5.41, 5.74) is 5.99. The Kier molecular flexibility index (Phi) is 3.49. The fourth-order valence-electron chi connectivity index (χ4n) is 3.47. The molecule has 1 aromatic heterocycles. The van der Waals surface area contributed by atoms with E-state index in [0.717, 1.165) is 29.4 Å². The number of hydrogen-bond acceptors (Lipinski definition) is 5. The number of anilines is 2. The summed E-state index contributed by atoms with van der Waals surface area (Å²) in [6.45, 7) is 2.17. The van der Waals surface area contributed by atoms with Gasteiger partial charge in [-0.15, -0.1) is 0 Å². The molecular formula is C19H19N3O2. The van der Waals surface area contributed by atoms with Crippen LogP contribution in [0.2, 0.25) is 0 Å². The van der Waals surface area contributed by atoms with Gasteiger partial charge in [-0.2, -0.15) is 0 Å². The van der Waals surface area contributed by atoms with Gasteiger partial charge in [0, 0.05) is 17.1 Å². The van der Waals surface area contributed by atoms with Crippen molar-refractivity contribution in [1.29, 1.82) is 0 Å². The zero-order valence-corrected chi connectivity index (χ0v) is 13.8. The third-order valence-electron chi connectivity index (χ3n) is 4.71. The summed E-state index contributed by atoms with van der Waals surface area (Å²) >= 11 is 0. The second kappa shape index (κ2) is 5.67. The van der Waals surface area contributed by atoms with Gasteiger partial charge in [-0.05, 0) is 55.0 Å². The number of fused-ring (bicyclic) bond motifs is 2. The Morgan fingerprint density at radius 2 is 1.96 bits per heavy atom. The number of phenolic OH excluding ortho intramolecular Hbond substituents is 1. The van der Waals surface area contributed by atoms with E-state index >= 15 is 0 Å². The van der Waals surface area contributed by atoms with Gasteiger partial charge >= 0.3 is 0 Å². The molecule has 5 heteroatoms. The highest BCUT2D eigenvalue weighted by molar-refractivity contribution is 5.93. The molecule has 4 rings (SSSR count). The number of nitrogens with one attached hydrogen (secondary N) is 1. The number of phenols is 1. The number of ether oxygens (including phenoxy) is 1. The second-order valence-electron chi connectivity index (χ2n) is 6.13. The van der Waals surface area contributed by atoms with Crippen LogP contribution in [0.3, 0.4) is 0 Å². The Labute approximate surface area is 140 Å². The summed E-state index contributed by atoms with van der Waals surface area (Å²) in [6.07, 6.45) is 4.94. The van der Waals surface area contributed by atoms with Crippen molar-refractivity contribution in [2.45, 2.75) is 26.2 Å². The largest absolute Gasteiger partial charge is 0.504 e. The minimum atomic E-state index is 0.0805. The predicted molar refractivity (Wildman–Crippen MR) is 94.2 cm³/mol. The molecule has 24 heavy (non-hydrogen) atoms. The molecule has 0 spiro atoms. The van der Waals surface area contributed by atoms with Gasteiger partial charge in [0.2, 0.25) is 0 Å². The van der Waals surface area contributed by atoms with Gasteiger partial charge in [0.25, 0.3) is 0 Å². The van der Waals surface area contributed by atoms with Crippen LogP contribution in [-0.4, -0.2) is 22.2 Å². The first-order chi connectivity index (χ1) is 11.7. The van der Waals surface area contributed by atoms with Gasteiger partial charge in [0.15, 0.2) is 11.5 Å². The molecule has 5 nitrogen and oxygen atoms in total. The van der Waals surface area contributed by atoms with Crippen LogP contribution in [0.4, 0.5) is 11.5 Å². The average molecular weight is 321 g/mol. The van der Waals surface area contributed by atoms with E-state index < -0.39 is 0 Å². The Hall–Kier alpha value is -2.82. The zero-order valence-electron chi connectivity index (χ0n) is 13.8. The summed E-state index contributed by atoms with van der Waals surface area (Å²) in [5, 5.41) is 14.3. The van der Waals surface area contributed by atoms with Gasteiger partial charge in [0.05, 0.1) is 12.6 Å². The first kappa shape index (κ1) is 14.8. The number of benzene rings is 2. The van der Waals surface area contributed by atoms with E-state index in [-0.39, 0.29) is 5.75 Å². The van der Waals surface area contributed by atoms with Crippen LogP contribution in [0, 0.1) is 6.92 Å². The highest BCUT2D eigenvalue weighted by atomic mass is 16.5. The second-order valence-corrected chi connectivity index (χ2v) is 6.13. The molecular weight excluding hydrogens is 302 g/mol. The smallest absolute Gasteiger partial charge is 0.162 e. The monoisotopic (exact) mass is 321 g/mol. The number of aryl methyl sites for hydroxylation is 1. The summed E-state index contributed by atoms with van der Waals surface area (Å²) in [4.78, 5) is 8.65. The van der Waals surface area contributed by atoms with Crippen molar-refractivity contribution in [3.63, 3.8) is 0 Å². The number of methoxy groups -OCH3 is 1. The van der Waals surface area contributed by atoms with E-state index in [1.165, 1.54) is 36.5 Å². The molecule has 0 bridgehead atoms. The van der Waals surface area contributed by atoms with E-state index in [9.17, 15) is 5.11 Å². The molecule has 0 saturated heterocycles. The number of aromatic nitrogens is 2. The number of rotatable bonds is 3. The van der Waals surface area contributed by atoms with E-state index in [1.807, 2.05) is 0 Å². The highest BCUT2D eigenvalue weighted by Crippen LogP contribution is 2.36. The lowest BCUT2D eigenvalue weighted by Gasteiger charge is -2.14. The number of aromatic hydroxyl groups is 1. The lowest BCUT2D eigenvalue weighted by Crippen LogP contribution is -2.00. The van der Waals surface area contributed by atoms with Crippen LogP contribution < -0.4 is 10.1 Å². The molecule has 0 unspecified atom stereocenters. The van der Waals surface area contributed by atoms with Gasteiger partial charge in [-0.25, -0.2) is 9.97 Å². The summed E-state index contributed by atoms with van der Waals surface area (Å²) in [6, 6.07) is 7.62. The SMILES string of the molecule is COc1cc2ncnc(Nc3ccc(C)c4c3CCC4)c2cc1O. The lowest BCUT2D eigenvalue weighted by molar-refractivity contribution is 0.374. The molecule has 1 aliphatic rings. The van der Waals surface area contributed by atoms with Crippen molar-refractivity contribution < 1.29 is 9.84 Å². The topological polar surface area (TPSA) is 67.3 Å². The predicted octanol–water partition coefficient (Wildman–Crippen LogP) is 3.88. The standard InChI is InChI=1S/C19H19N3O2/c1-11-6-7-15(13-5-3-4-12(11)13)22-19-14-8-17(23)18(24-2)9-16(14)20-10-21-19/h6-10,23H,3-5H2,1-2H3,(H,20,21,22). The molecule has 122 valence electrons. The molecule has 0 radical (unpaired) electrons. The Morgan fingerprint density at radius 3 is 2.79 bits per heavy atom. The van der Waals surface area contributed by atoms with E-state index in [4.69, 9.17) is 4.74 Å². The van der Waals surface area contributed by atoms with Gasteiger partial charge in [-0.1, -0.05) is 6.07 Å². The van der Waals surface area contributed by atoms with Gasteiger partial charge in [0.1, 0.15) is 12.1 Å². The molecule has 0 fully saturated rings. The Balaban J connectivity index is 1.81. The number of hydrogen-bond donors (Lipinski definition) is 2. The van der Waals surface area contributed by atoms with Crippen molar-refractivity contribution in [2.75, 3.05) is 12.4 Å². The third-order valence-corrected chi connectivity index (χ3v) is 4.71. The van der Waals surface area contributed by atoms with E-state index in [0.29, 0.717) is 11.6 Å². The van der Waals surface area contributed by atoms with Crippen LogP contribution in [0.15, 0.2) is 30.6 Å². The molecule has 0 aliphatic heterocycles. The molecule has 0 atom stereocenters. The molecule has 1 heterocycles. The van der Waals surface area contributed by atoms with Crippen molar-refractivity contribution in [1.82, 2.24) is 9.97 Å². The quantitative estimate of drug-likeness (QED) is 0.766. The van der Waals surface area contributed by atoms with E-state index in [1.54, 1.807) is 12.1 Å². The maximum absolute atomic E-state index is 10.1. The molecule has 0 saturated carbocycles. The first-order valence-electron chi connectivity index (χ1n) is 8.07. The highest BCUT2D eigenvalue weighted by Gasteiger charge is 2.18. The molecule has 2 N–H and O–H groups in total. The lowest BCUT2D eigenvalue weighted by atomic mass is 10.0. The third kappa shape index (κ3) is 2.33. The van der Waals surface area contributed by atoms with Crippen molar-refractivity contribution in [3.8, 4) is 11.5 Å². The minimum absolute atomic E-state index is 0.0805. The van der Waals surface area contributed by atoms with E-state index in [2.05, 4.69) is 34.3 Å². The minimum Gasteiger partial charge on any atom is -0.504 e. The maximum Gasteiger partial charge on any atom is 0.162 e. The molecule has 0 amide bonds. The Bertz CT molecular complexity index is 938. The maximum atomic E-state index is 10.1. The van der Waals surface area contributed by atoms with Crippen molar-refractivity contribution in [3.05, 3.63) is 47.3 Å². The van der Waals surface area contributed by atoms with Crippen LogP contribution in [0.5, 0.6) is 11.5 Å². The fourth-order valence-corrected chi connectivity index (χ4v) is 3.47. The Morgan fingerprint density at radius 1 is 1.12 bits per heavy atom. The zero-order chi connectivity index (χ0) is 16.7. The molecule has 1 aliphatic carbocycles. The van der Waals surface area contributed by atoms with Gasteiger partial charge < -0.3 is 15.2 Å². The molecule has 3 aromatic rings. The van der Waals surface area contributed by atoms with Crippen molar-refractivity contribution in [2.24, 2.45) is 0 Å². The van der Waals surface area contributed by atoms with Crippen LogP contribution in [0.25, 0.3) is 10.9 Å².